The molecule has 0 aliphatic heterocycles. The molecule has 5 nitrogen and oxygen atoms in total. The molecule has 116 valence electrons. The lowest BCUT2D eigenvalue weighted by Crippen LogP contribution is -2.16. The quantitative estimate of drug-likeness (QED) is 0.857. The minimum Gasteiger partial charge on any atom is -0.491 e. The van der Waals surface area contributed by atoms with Crippen LogP contribution in [0.25, 0.3) is 0 Å². The molecule has 1 heterocycles. The predicted molar refractivity (Wildman–Crippen MR) is 80.3 cm³/mol. The second-order valence-corrected chi connectivity index (χ2v) is 4.82. The van der Waals surface area contributed by atoms with E-state index in [-0.39, 0.29) is 30.6 Å². The number of aromatic nitrogens is 1. The van der Waals surface area contributed by atoms with E-state index in [4.69, 9.17) is 21.4 Å². The molecule has 1 aromatic heterocycles. The Hall–Kier alpha value is -2.18. The molecular weight excluding hydrogens is 311 g/mol. The molecule has 0 unspecified atom stereocenters. The van der Waals surface area contributed by atoms with Crippen LogP contribution < -0.4 is 10.1 Å². The number of nitrogens with one attached hydrogen (secondary N) is 1. The van der Waals surface area contributed by atoms with Crippen molar-refractivity contribution in [1.29, 1.82) is 0 Å². The Balaban J connectivity index is 1.85. The Bertz CT molecular complexity index is 667. The highest BCUT2D eigenvalue weighted by Gasteiger charge is 2.08. The highest BCUT2D eigenvalue weighted by Crippen LogP contribution is 2.24. The smallest absolute Gasteiger partial charge is 0.227 e. The summed E-state index contributed by atoms with van der Waals surface area (Å²) in [6, 6.07) is 5.38. The summed E-state index contributed by atoms with van der Waals surface area (Å²) in [5.41, 5.74) is 1.03. The normalized spacial score (nSPS) is 10.3. The van der Waals surface area contributed by atoms with Gasteiger partial charge in [-0.15, -0.1) is 0 Å². The number of halogens is 2. The Morgan fingerprint density at radius 1 is 1.41 bits per heavy atom. The van der Waals surface area contributed by atoms with Gasteiger partial charge in [0.2, 0.25) is 5.91 Å². The molecule has 0 fully saturated rings. The van der Waals surface area contributed by atoms with E-state index in [1.807, 2.05) is 0 Å². The maximum Gasteiger partial charge on any atom is 0.227 e. The number of rotatable bonds is 6. The number of hydrogen-bond donors (Lipinski definition) is 2. The Morgan fingerprint density at radius 2 is 2.23 bits per heavy atom. The van der Waals surface area contributed by atoms with Crippen LogP contribution in [0.15, 0.2) is 36.7 Å². The zero-order valence-electron chi connectivity index (χ0n) is 11.6. The molecule has 7 heteroatoms. The highest BCUT2D eigenvalue weighted by atomic mass is 35.5. The minimum absolute atomic E-state index is 0.0769. The van der Waals surface area contributed by atoms with Crippen LogP contribution in [0.4, 0.5) is 10.1 Å². The average Bonchev–Trinajstić information content (AvgIpc) is 2.50. The molecule has 2 aromatic rings. The van der Waals surface area contributed by atoms with Gasteiger partial charge in [-0.2, -0.15) is 0 Å². The standard InChI is InChI=1S/C15H14ClFN2O3/c16-12-7-11(17)1-2-14(12)22-6-4-15(21)19-13-8-18-5-3-10(13)9-20/h1-3,5,7-8,20H,4,6,9H2,(H,19,21). The molecule has 0 spiro atoms. The van der Waals surface area contributed by atoms with Crippen LogP contribution in [0.5, 0.6) is 5.75 Å². The number of pyridine rings is 1. The van der Waals surface area contributed by atoms with Crippen LogP contribution in [0.1, 0.15) is 12.0 Å². The van der Waals surface area contributed by atoms with Gasteiger partial charge in [0, 0.05) is 11.8 Å². The van der Waals surface area contributed by atoms with E-state index in [1.165, 1.54) is 24.5 Å². The number of amides is 1. The Labute approximate surface area is 131 Å². The molecule has 0 saturated heterocycles. The monoisotopic (exact) mass is 324 g/mol. The molecule has 0 aliphatic carbocycles. The van der Waals surface area contributed by atoms with Gasteiger partial charge in [0.05, 0.1) is 36.5 Å². The predicted octanol–water partition coefficient (Wildman–Crippen LogP) is 2.77. The summed E-state index contributed by atoms with van der Waals surface area (Å²) in [4.78, 5) is 15.7. The maximum absolute atomic E-state index is 12.9. The summed E-state index contributed by atoms with van der Waals surface area (Å²) in [5.74, 6) is -0.433. The van der Waals surface area contributed by atoms with Crippen molar-refractivity contribution in [3.8, 4) is 5.75 Å². The second kappa shape index (κ2) is 7.72. The molecule has 0 aliphatic rings. The number of benzene rings is 1. The third-order valence-electron chi connectivity index (χ3n) is 2.84. The van der Waals surface area contributed by atoms with Crippen molar-refractivity contribution in [2.45, 2.75) is 13.0 Å². The number of anilines is 1. The van der Waals surface area contributed by atoms with Crippen molar-refractivity contribution in [3.05, 3.63) is 53.1 Å². The number of aliphatic hydroxyl groups is 1. The van der Waals surface area contributed by atoms with Gasteiger partial charge in [-0.25, -0.2) is 4.39 Å². The molecule has 2 N–H and O–H groups in total. The van der Waals surface area contributed by atoms with Gasteiger partial charge in [0.15, 0.2) is 0 Å². The SMILES string of the molecule is O=C(CCOc1ccc(F)cc1Cl)Nc1cnccc1CO. The summed E-state index contributed by atoms with van der Waals surface area (Å²) in [5, 5.41) is 11.9. The zero-order valence-corrected chi connectivity index (χ0v) is 12.3. The minimum atomic E-state index is -0.455. The van der Waals surface area contributed by atoms with E-state index < -0.39 is 5.82 Å². The van der Waals surface area contributed by atoms with Crippen LogP contribution in [0.3, 0.4) is 0 Å². The van der Waals surface area contributed by atoms with Gasteiger partial charge >= 0.3 is 0 Å². The van der Waals surface area contributed by atoms with Gasteiger partial charge in [-0.05, 0) is 24.3 Å². The van der Waals surface area contributed by atoms with E-state index in [9.17, 15) is 9.18 Å². The van der Waals surface area contributed by atoms with E-state index in [0.717, 1.165) is 6.07 Å². The number of nitrogens with zero attached hydrogens (tertiary/aromatic N) is 1. The van der Waals surface area contributed by atoms with E-state index in [2.05, 4.69) is 10.3 Å². The van der Waals surface area contributed by atoms with E-state index in [0.29, 0.717) is 17.0 Å². The van der Waals surface area contributed by atoms with Crippen molar-refractivity contribution >= 4 is 23.2 Å². The fourth-order valence-corrected chi connectivity index (χ4v) is 1.95. The first-order valence-electron chi connectivity index (χ1n) is 6.51. The van der Waals surface area contributed by atoms with Crippen LogP contribution in [-0.2, 0) is 11.4 Å². The van der Waals surface area contributed by atoms with E-state index >= 15 is 0 Å². The fraction of sp³-hybridized carbons (Fsp3) is 0.200. The van der Waals surface area contributed by atoms with Gasteiger partial charge in [-0.1, -0.05) is 11.6 Å². The molecular formula is C15H14ClFN2O3. The number of carbonyl (C=O) groups excluding carboxylic acids is 1. The topological polar surface area (TPSA) is 71.5 Å². The van der Waals surface area contributed by atoms with Gasteiger partial charge in [0.25, 0.3) is 0 Å². The van der Waals surface area contributed by atoms with Gasteiger partial charge < -0.3 is 15.2 Å². The van der Waals surface area contributed by atoms with E-state index in [1.54, 1.807) is 6.07 Å². The van der Waals surface area contributed by atoms with Gasteiger partial charge in [0.1, 0.15) is 11.6 Å². The number of ether oxygens (including phenoxy) is 1. The molecule has 1 aromatic carbocycles. The third-order valence-corrected chi connectivity index (χ3v) is 3.13. The maximum atomic E-state index is 12.9. The first-order valence-corrected chi connectivity index (χ1v) is 6.89. The van der Waals surface area contributed by atoms with Crippen LogP contribution >= 0.6 is 11.6 Å². The number of hydrogen-bond acceptors (Lipinski definition) is 4. The largest absolute Gasteiger partial charge is 0.491 e. The van der Waals surface area contributed by atoms with Crippen molar-refractivity contribution in [2.75, 3.05) is 11.9 Å². The molecule has 0 atom stereocenters. The van der Waals surface area contributed by atoms with Crippen LogP contribution in [-0.4, -0.2) is 22.6 Å². The van der Waals surface area contributed by atoms with Gasteiger partial charge in [-0.3, -0.25) is 9.78 Å². The summed E-state index contributed by atoms with van der Waals surface area (Å²) >= 11 is 5.81. The third kappa shape index (κ3) is 4.41. The average molecular weight is 325 g/mol. The van der Waals surface area contributed by atoms with Crippen molar-refractivity contribution in [1.82, 2.24) is 4.98 Å². The zero-order chi connectivity index (χ0) is 15.9. The molecule has 0 radical (unpaired) electrons. The first kappa shape index (κ1) is 16.2. The molecule has 22 heavy (non-hydrogen) atoms. The van der Waals surface area contributed by atoms with Crippen molar-refractivity contribution in [3.63, 3.8) is 0 Å². The first-order chi connectivity index (χ1) is 10.6. The lowest BCUT2D eigenvalue weighted by Gasteiger charge is -2.10. The summed E-state index contributed by atoms with van der Waals surface area (Å²) in [7, 11) is 0. The number of aliphatic hydroxyl groups excluding tert-OH is 1. The summed E-state index contributed by atoms with van der Waals surface area (Å²) in [6.45, 7) is -0.105. The highest BCUT2D eigenvalue weighted by molar-refractivity contribution is 6.32. The Morgan fingerprint density at radius 3 is 2.95 bits per heavy atom. The van der Waals surface area contributed by atoms with Crippen molar-refractivity contribution in [2.24, 2.45) is 0 Å². The van der Waals surface area contributed by atoms with Crippen molar-refractivity contribution < 1.29 is 19.0 Å². The molecule has 0 saturated carbocycles. The fourth-order valence-electron chi connectivity index (χ4n) is 1.73. The summed E-state index contributed by atoms with van der Waals surface area (Å²) in [6.07, 6.45) is 3.06. The summed E-state index contributed by atoms with van der Waals surface area (Å²) < 4.78 is 18.2. The second-order valence-electron chi connectivity index (χ2n) is 4.41. The molecule has 2 rings (SSSR count). The van der Waals surface area contributed by atoms with Crippen LogP contribution in [0, 0.1) is 5.82 Å². The lowest BCUT2D eigenvalue weighted by molar-refractivity contribution is -0.116. The number of carbonyl (C=O) groups is 1. The van der Waals surface area contributed by atoms with Crippen LogP contribution in [0.2, 0.25) is 5.02 Å². The molecule has 1 amide bonds. The molecule has 0 bridgehead atoms. The lowest BCUT2D eigenvalue weighted by atomic mass is 10.2. The Kier molecular flexibility index (Phi) is 5.68.